The van der Waals surface area contributed by atoms with E-state index in [9.17, 15) is 4.79 Å². The number of nitrogens with one attached hydrogen (secondary N) is 1. The Morgan fingerprint density at radius 1 is 1.10 bits per heavy atom. The highest BCUT2D eigenvalue weighted by molar-refractivity contribution is 5.84. The second kappa shape index (κ2) is 4.56. The first-order valence-electron chi connectivity index (χ1n) is 6.68. The van der Waals surface area contributed by atoms with Crippen molar-refractivity contribution in [2.45, 2.75) is 6.54 Å². The van der Waals surface area contributed by atoms with Gasteiger partial charge in [0.05, 0.1) is 24.1 Å². The number of rotatable bonds is 2. The first-order chi connectivity index (χ1) is 10.3. The van der Waals surface area contributed by atoms with Crippen LogP contribution < -0.4 is 5.56 Å². The summed E-state index contributed by atoms with van der Waals surface area (Å²) in [5, 5.41) is 2.17. The van der Waals surface area contributed by atoms with Gasteiger partial charge in [0.15, 0.2) is 0 Å². The topological polar surface area (TPSA) is 63.6 Å². The fraction of sp³-hybridized carbons (Fsp3) is 0.0625. The molecule has 0 bridgehead atoms. The predicted octanol–water partition coefficient (Wildman–Crippen LogP) is 2.32. The van der Waals surface area contributed by atoms with Gasteiger partial charge >= 0.3 is 0 Å². The molecule has 0 aliphatic rings. The largest absolute Gasteiger partial charge is 0.355 e. The third-order valence-electron chi connectivity index (χ3n) is 3.61. The lowest BCUT2D eigenvalue weighted by atomic mass is 10.1. The maximum absolute atomic E-state index is 12.4. The number of H-pyrrole nitrogens is 1. The Kier molecular flexibility index (Phi) is 2.57. The molecule has 4 rings (SSSR count). The molecule has 1 aromatic carbocycles. The quantitative estimate of drug-likeness (QED) is 0.611. The molecular weight excluding hydrogens is 264 g/mol. The van der Waals surface area contributed by atoms with Crippen LogP contribution in [-0.2, 0) is 6.54 Å². The summed E-state index contributed by atoms with van der Waals surface area (Å²) in [6.45, 7) is 0.405. The lowest BCUT2D eigenvalue weighted by Crippen LogP contribution is -2.21. The van der Waals surface area contributed by atoms with E-state index in [1.165, 1.54) is 0 Å². The molecule has 102 valence electrons. The average molecular weight is 276 g/mol. The van der Waals surface area contributed by atoms with Crippen molar-refractivity contribution in [3.63, 3.8) is 0 Å². The first-order valence-corrected chi connectivity index (χ1v) is 6.68. The first kappa shape index (κ1) is 11.8. The van der Waals surface area contributed by atoms with E-state index in [4.69, 9.17) is 0 Å². The molecule has 1 N–H and O–H groups in total. The maximum Gasteiger partial charge on any atom is 0.278 e. The Hall–Kier alpha value is -2.95. The van der Waals surface area contributed by atoms with Crippen LogP contribution in [0.4, 0.5) is 0 Å². The second-order valence-corrected chi connectivity index (χ2v) is 4.89. The van der Waals surface area contributed by atoms with Crippen LogP contribution in [0.5, 0.6) is 0 Å². The van der Waals surface area contributed by atoms with Crippen LogP contribution in [0.25, 0.3) is 21.8 Å². The number of fused-ring (bicyclic) bond motifs is 2. The molecule has 0 fully saturated rings. The Bertz CT molecular complexity index is 994. The van der Waals surface area contributed by atoms with Gasteiger partial charge in [-0.05, 0) is 17.5 Å². The van der Waals surface area contributed by atoms with Gasteiger partial charge in [-0.2, -0.15) is 0 Å². The van der Waals surface area contributed by atoms with Crippen molar-refractivity contribution in [3.05, 3.63) is 71.2 Å². The summed E-state index contributed by atoms with van der Waals surface area (Å²) in [7, 11) is 0. The minimum Gasteiger partial charge on any atom is -0.355 e. The van der Waals surface area contributed by atoms with Crippen molar-refractivity contribution < 1.29 is 0 Å². The molecule has 0 unspecified atom stereocenters. The minimum absolute atomic E-state index is 0.0836. The van der Waals surface area contributed by atoms with Crippen molar-refractivity contribution in [2.24, 2.45) is 0 Å². The Morgan fingerprint density at radius 2 is 2.00 bits per heavy atom. The third-order valence-corrected chi connectivity index (χ3v) is 3.61. The molecule has 0 aliphatic carbocycles. The Balaban J connectivity index is 1.87. The molecule has 0 saturated carbocycles. The summed E-state index contributed by atoms with van der Waals surface area (Å²) in [5.74, 6) is 0. The average Bonchev–Trinajstić information content (AvgIpc) is 3.00. The molecule has 5 heteroatoms. The predicted molar refractivity (Wildman–Crippen MR) is 81.2 cm³/mol. The zero-order chi connectivity index (χ0) is 14.2. The molecule has 3 heterocycles. The summed E-state index contributed by atoms with van der Waals surface area (Å²) < 4.78 is 1.58. The number of pyridine rings is 1. The molecule has 0 aliphatic heterocycles. The number of aromatic amines is 1. The van der Waals surface area contributed by atoms with Crippen LogP contribution >= 0.6 is 0 Å². The van der Waals surface area contributed by atoms with E-state index in [0.29, 0.717) is 17.6 Å². The molecule has 21 heavy (non-hydrogen) atoms. The fourth-order valence-corrected chi connectivity index (χ4v) is 2.55. The van der Waals surface area contributed by atoms with E-state index in [1.807, 2.05) is 30.3 Å². The van der Waals surface area contributed by atoms with Crippen LogP contribution in [0.2, 0.25) is 0 Å². The molecule has 0 spiro atoms. The van der Waals surface area contributed by atoms with E-state index in [0.717, 1.165) is 16.5 Å². The lowest BCUT2D eigenvalue weighted by Gasteiger charge is -2.07. The second-order valence-electron chi connectivity index (χ2n) is 4.89. The van der Waals surface area contributed by atoms with Gasteiger partial charge in [0, 0.05) is 17.8 Å². The van der Waals surface area contributed by atoms with Crippen LogP contribution in [0.3, 0.4) is 0 Å². The SMILES string of the molecule is O=c1c2[nH]ccc2ncn1Cc1nccc2ccccc12. The Labute approximate surface area is 119 Å². The zero-order valence-corrected chi connectivity index (χ0v) is 11.2. The van der Waals surface area contributed by atoms with Gasteiger partial charge in [0.25, 0.3) is 5.56 Å². The van der Waals surface area contributed by atoms with Crippen LogP contribution in [0.15, 0.2) is 59.9 Å². The number of hydrogen-bond acceptors (Lipinski definition) is 3. The van der Waals surface area contributed by atoms with Crippen LogP contribution in [-0.4, -0.2) is 19.5 Å². The van der Waals surface area contributed by atoms with Crippen LogP contribution in [0, 0.1) is 0 Å². The summed E-state index contributed by atoms with van der Waals surface area (Å²) >= 11 is 0. The van der Waals surface area contributed by atoms with Crippen molar-refractivity contribution in [2.75, 3.05) is 0 Å². The smallest absolute Gasteiger partial charge is 0.278 e. The van der Waals surface area contributed by atoms with E-state index in [1.54, 1.807) is 29.4 Å². The van der Waals surface area contributed by atoms with Crippen LogP contribution in [0.1, 0.15) is 5.69 Å². The highest BCUT2D eigenvalue weighted by Gasteiger charge is 2.08. The van der Waals surface area contributed by atoms with E-state index < -0.39 is 0 Å². The van der Waals surface area contributed by atoms with Crippen molar-refractivity contribution >= 4 is 21.8 Å². The van der Waals surface area contributed by atoms with Gasteiger partial charge in [-0.1, -0.05) is 24.3 Å². The van der Waals surface area contributed by atoms with Gasteiger partial charge in [-0.3, -0.25) is 14.3 Å². The monoisotopic (exact) mass is 276 g/mol. The number of nitrogens with zero attached hydrogens (tertiary/aromatic N) is 3. The summed E-state index contributed by atoms with van der Waals surface area (Å²) in [4.78, 5) is 24.0. The van der Waals surface area contributed by atoms with Gasteiger partial charge in [0.2, 0.25) is 0 Å². The standard InChI is InChI=1S/C16H12N4O/c21-16-15-13(6-8-18-15)19-10-20(16)9-14-12-4-2-1-3-11(12)5-7-17-14/h1-8,10,18H,9H2. The van der Waals surface area contributed by atoms with Crippen molar-refractivity contribution in [1.29, 1.82) is 0 Å². The summed E-state index contributed by atoms with van der Waals surface area (Å²) in [5.41, 5.74) is 1.99. The molecule has 0 atom stereocenters. The van der Waals surface area contributed by atoms with Crippen molar-refractivity contribution in [3.8, 4) is 0 Å². The molecule has 0 radical (unpaired) electrons. The summed E-state index contributed by atoms with van der Waals surface area (Å²) in [6.07, 6.45) is 5.06. The molecule has 0 saturated heterocycles. The maximum atomic E-state index is 12.4. The lowest BCUT2D eigenvalue weighted by molar-refractivity contribution is 0.734. The third kappa shape index (κ3) is 1.90. The molecular formula is C16H12N4O. The molecule has 5 nitrogen and oxygen atoms in total. The number of hydrogen-bond donors (Lipinski definition) is 1. The van der Waals surface area contributed by atoms with E-state index >= 15 is 0 Å². The van der Waals surface area contributed by atoms with E-state index in [2.05, 4.69) is 15.0 Å². The highest BCUT2D eigenvalue weighted by atomic mass is 16.1. The normalized spacial score (nSPS) is 11.2. The van der Waals surface area contributed by atoms with Gasteiger partial charge in [0.1, 0.15) is 5.52 Å². The number of aromatic nitrogens is 4. The summed E-state index contributed by atoms with van der Waals surface area (Å²) in [6, 6.07) is 11.8. The highest BCUT2D eigenvalue weighted by Crippen LogP contribution is 2.16. The minimum atomic E-state index is -0.0836. The molecule has 0 amide bonds. The van der Waals surface area contributed by atoms with Crippen molar-refractivity contribution in [1.82, 2.24) is 19.5 Å². The fourth-order valence-electron chi connectivity index (χ4n) is 2.55. The van der Waals surface area contributed by atoms with Gasteiger partial charge < -0.3 is 4.98 Å². The molecule has 3 aromatic heterocycles. The van der Waals surface area contributed by atoms with Gasteiger partial charge in [-0.25, -0.2) is 4.98 Å². The van der Waals surface area contributed by atoms with Gasteiger partial charge in [-0.15, -0.1) is 0 Å². The zero-order valence-electron chi connectivity index (χ0n) is 11.2. The Morgan fingerprint density at radius 3 is 2.95 bits per heavy atom. The van der Waals surface area contributed by atoms with E-state index in [-0.39, 0.29) is 5.56 Å². The molecule has 4 aromatic rings. The number of benzene rings is 1.